The first kappa shape index (κ1) is 36.5. The van der Waals surface area contributed by atoms with Crippen molar-refractivity contribution in [3.05, 3.63) is 223 Å². The molecule has 1 aliphatic carbocycles. The van der Waals surface area contributed by atoms with Gasteiger partial charge >= 0.3 is 0 Å². The predicted octanol–water partition coefficient (Wildman–Crippen LogP) is 17.3. The van der Waals surface area contributed by atoms with Gasteiger partial charge in [0, 0.05) is 55.5 Å². The summed E-state index contributed by atoms with van der Waals surface area (Å²) in [5.74, 6) is 1.67. The summed E-state index contributed by atoms with van der Waals surface area (Å²) in [5.41, 5.74) is 19.0. The minimum absolute atomic E-state index is 0.160. The highest BCUT2D eigenvalue weighted by molar-refractivity contribution is 6.10. The Kier molecular flexibility index (Phi) is 7.95. The average molecular weight is 820 g/mol. The molecule has 0 unspecified atom stereocenters. The zero-order valence-corrected chi connectivity index (χ0v) is 35.5. The number of ether oxygens (including phenoxy) is 1. The van der Waals surface area contributed by atoms with E-state index in [1.165, 1.54) is 38.8 Å². The van der Waals surface area contributed by atoms with E-state index in [0.29, 0.717) is 0 Å². The molecule has 3 nitrogen and oxygen atoms in total. The molecule has 13 rings (SSSR count). The lowest BCUT2D eigenvalue weighted by atomic mass is 9.82. The maximum absolute atomic E-state index is 7.05. The standard InChI is InChI=1S/C61H41NO2/c1-61(2)54-24-10-8-18-47(54)48-32-30-44(37-55(48)61)62(42-28-26-39(27-29-42)46-21-13-23-51-49-19-9-11-25-56(49)64-60(46)51)43-31-33-57-52(36-43)50-22-12-20-45(38-14-4-3-5-15-38)59(50)53-34-40-16-6-7-17-41(40)35-58(53)63-57/h3-37H,1-2H3. The minimum Gasteiger partial charge on any atom is -0.456 e. The van der Waals surface area contributed by atoms with Gasteiger partial charge in [-0.15, -0.1) is 0 Å². The van der Waals surface area contributed by atoms with Crippen molar-refractivity contribution in [2.24, 2.45) is 0 Å². The molecular weight excluding hydrogens is 779 g/mol. The fourth-order valence-corrected chi connectivity index (χ4v) is 10.5. The van der Waals surface area contributed by atoms with E-state index in [0.717, 1.165) is 89.3 Å². The van der Waals surface area contributed by atoms with Crippen LogP contribution in [-0.4, -0.2) is 0 Å². The summed E-state index contributed by atoms with van der Waals surface area (Å²) in [4.78, 5) is 2.40. The van der Waals surface area contributed by atoms with Gasteiger partial charge in [-0.05, 0) is 116 Å². The Balaban J connectivity index is 1.01. The molecule has 0 N–H and O–H groups in total. The van der Waals surface area contributed by atoms with Gasteiger partial charge in [0.15, 0.2) is 0 Å². The Labute approximate surface area is 372 Å². The van der Waals surface area contributed by atoms with Gasteiger partial charge in [0.2, 0.25) is 0 Å². The van der Waals surface area contributed by atoms with Gasteiger partial charge < -0.3 is 14.1 Å². The maximum Gasteiger partial charge on any atom is 0.143 e. The number of fused-ring (bicyclic) bond motifs is 12. The van der Waals surface area contributed by atoms with Gasteiger partial charge in [-0.25, -0.2) is 0 Å². The third-order valence-electron chi connectivity index (χ3n) is 13.7. The fourth-order valence-electron chi connectivity index (χ4n) is 10.5. The van der Waals surface area contributed by atoms with Crippen LogP contribution in [0.15, 0.2) is 217 Å². The van der Waals surface area contributed by atoms with E-state index in [1.54, 1.807) is 0 Å². The number of nitrogens with zero attached hydrogens (tertiary/aromatic N) is 1. The number of rotatable bonds is 5. The topological polar surface area (TPSA) is 25.6 Å². The highest BCUT2D eigenvalue weighted by Gasteiger charge is 2.36. The van der Waals surface area contributed by atoms with Gasteiger partial charge in [-0.2, -0.15) is 0 Å². The summed E-state index contributed by atoms with van der Waals surface area (Å²) < 4.78 is 13.5. The summed E-state index contributed by atoms with van der Waals surface area (Å²) in [6.07, 6.45) is 0. The maximum atomic E-state index is 7.05. The van der Waals surface area contributed by atoms with Crippen LogP contribution in [0.2, 0.25) is 0 Å². The average Bonchev–Trinajstić information content (AvgIpc) is 3.79. The minimum atomic E-state index is -0.160. The Morgan fingerprint density at radius 3 is 1.88 bits per heavy atom. The molecule has 1 aliphatic heterocycles. The van der Waals surface area contributed by atoms with Crippen molar-refractivity contribution < 1.29 is 9.15 Å². The van der Waals surface area contributed by atoms with Crippen molar-refractivity contribution >= 4 is 49.8 Å². The Bertz CT molecular complexity index is 3670. The van der Waals surface area contributed by atoms with E-state index >= 15 is 0 Å². The van der Waals surface area contributed by atoms with Crippen molar-refractivity contribution in [3.8, 4) is 67.1 Å². The fraction of sp³-hybridized carbons (Fsp3) is 0.0492. The molecule has 2 heterocycles. The SMILES string of the molecule is CC1(C)c2ccccc2-c2ccc(N(c3ccc(-c4cccc5c4oc4ccccc45)cc3)c3ccc4c(c3)-c3cccc(-c5ccccc5)c3-c3cc5ccccc5cc3O4)cc21. The first-order chi connectivity index (χ1) is 31.5. The van der Waals surface area contributed by atoms with Crippen LogP contribution in [0.25, 0.3) is 88.3 Å². The van der Waals surface area contributed by atoms with Crippen molar-refractivity contribution in [1.29, 1.82) is 0 Å². The van der Waals surface area contributed by atoms with E-state index in [9.17, 15) is 0 Å². The largest absolute Gasteiger partial charge is 0.456 e. The van der Waals surface area contributed by atoms with E-state index in [1.807, 2.05) is 12.1 Å². The van der Waals surface area contributed by atoms with Crippen molar-refractivity contribution in [2.75, 3.05) is 4.90 Å². The number of anilines is 3. The molecule has 0 radical (unpaired) electrons. The molecule has 1 aromatic heterocycles. The molecule has 302 valence electrons. The normalized spacial score (nSPS) is 13.1. The number of para-hydroxylation sites is 2. The van der Waals surface area contributed by atoms with Gasteiger partial charge in [-0.3, -0.25) is 0 Å². The molecule has 11 aromatic rings. The zero-order chi connectivity index (χ0) is 42.5. The molecule has 10 aromatic carbocycles. The lowest BCUT2D eigenvalue weighted by Crippen LogP contribution is -2.16. The molecule has 2 aliphatic rings. The van der Waals surface area contributed by atoms with Crippen LogP contribution in [0.3, 0.4) is 0 Å². The lowest BCUT2D eigenvalue weighted by Gasteiger charge is -2.29. The van der Waals surface area contributed by atoms with Gasteiger partial charge in [0.25, 0.3) is 0 Å². The zero-order valence-electron chi connectivity index (χ0n) is 35.5. The van der Waals surface area contributed by atoms with Crippen LogP contribution in [-0.2, 0) is 5.41 Å². The lowest BCUT2D eigenvalue weighted by molar-refractivity contribution is 0.488. The second kappa shape index (κ2) is 13.9. The van der Waals surface area contributed by atoms with Gasteiger partial charge in [0.05, 0.1) is 0 Å². The molecule has 0 saturated heterocycles. The molecule has 0 amide bonds. The number of furan rings is 1. The first-order valence-corrected chi connectivity index (χ1v) is 22.1. The predicted molar refractivity (Wildman–Crippen MR) is 265 cm³/mol. The summed E-state index contributed by atoms with van der Waals surface area (Å²) in [5, 5.41) is 4.58. The number of hydrogen-bond donors (Lipinski definition) is 0. The number of benzene rings is 10. The first-order valence-electron chi connectivity index (χ1n) is 22.1. The molecule has 0 spiro atoms. The van der Waals surface area contributed by atoms with E-state index in [-0.39, 0.29) is 5.41 Å². The monoisotopic (exact) mass is 819 g/mol. The van der Waals surface area contributed by atoms with Gasteiger partial charge in [0.1, 0.15) is 22.7 Å². The van der Waals surface area contributed by atoms with Crippen LogP contribution in [0.4, 0.5) is 17.1 Å². The van der Waals surface area contributed by atoms with Crippen molar-refractivity contribution in [1.82, 2.24) is 0 Å². The Hall–Kier alpha value is -8.14. The molecule has 64 heavy (non-hydrogen) atoms. The molecule has 0 saturated carbocycles. The van der Waals surface area contributed by atoms with Crippen molar-refractivity contribution in [3.63, 3.8) is 0 Å². The summed E-state index contributed by atoms with van der Waals surface area (Å²) in [7, 11) is 0. The van der Waals surface area contributed by atoms with E-state index < -0.39 is 0 Å². The van der Waals surface area contributed by atoms with Crippen LogP contribution >= 0.6 is 0 Å². The van der Waals surface area contributed by atoms with Crippen LogP contribution in [0.1, 0.15) is 25.0 Å². The van der Waals surface area contributed by atoms with Crippen LogP contribution in [0, 0.1) is 0 Å². The number of hydrogen-bond acceptors (Lipinski definition) is 3. The second-order valence-corrected chi connectivity index (χ2v) is 17.6. The summed E-state index contributed by atoms with van der Waals surface area (Å²) in [6.45, 7) is 4.70. The Morgan fingerprint density at radius 2 is 1.00 bits per heavy atom. The highest BCUT2D eigenvalue weighted by atomic mass is 16.5. The highest BCUT2D eigenvalue weighted by Crippen LogP contribution is 2.54. The molecule has 0 fully saturated rings. The Morgan fingerprint density at radius 1 is 0.375 bits per heavy atom. The smallest absolute Gasteiger partial charge is 0.143 e. The molecule has 0 atom stereocenters. The van der Waals surface area contributed by atoms with Crippen molar-refractivity contribution in [2.45, 2.75) is 19.3 Å². The van der Waals surface area contributed by atoms with E-state index in [4.69, 9.17) is 9.15 Å². The summed E-state index contributed by atoms with van der Waals surface area (Å²) in [6, 6.07) is 76.7. The van der Waals surface area contributed by atoms with Crippen LogP contribution in [0.5, 0.6) is 11.5 Å². The quantitative estimate of drug-likeness (QED) is 0.173. The van der Waals surface area contributed by atoms with E-state index in [2.05, 4.69) is 219 Å². The molecular formula is C61H41NO2. The third-order valence-corrected chi connectivity index (χ3v) is 13.7. The van der Waals surface area contributed by atoms with Crippen LogP contribution < -0.4 is 9.64 Å². The second-order valence-electron chi connectivity index (χ2n) is 17.6. The molecule has 0 bridgehead atoms. The molecule has 3 heteroatoms. The van der Waals surface area contributed by atoms with Gasteiger partial charge in [-0.1, -0.05) is 166 Å². The summed E-state index contributed by atoms with van der Waals surface area (Å²) >= 11 is 0. The third kappa shape index (κ3) is 5.54.